The van der Waals surface area contributed by atoms with E-state index in [1.165, 1.54) is 6.20 Å². The highest BCUT2D eigenvalue weighted by Gasteiger charge is 2.16. The van der Waals surface area contributed by atoms with Crippen molar-refractivity contribution >= 4 is 17.5 Å². The molecular weight excluding hydrogens is 240 g/mol. The van der Waals surface area contributed by atoms with E-state index < -0.39 is 0 Å². The van der Waals surface area contributed by atoms with E-state index in [0.29, 0.717) is 10.7 Å². The Morgan fingerprint density at radius 3 is 2.65 bits per heavy atom. The van der Waals surface area contributed by atoms with Gasteiger partial charge in [-0.3, -0.25) is 10.2 Å². The van der Waals surface area contributed by atoms with Crippen molar-refractivity contribution < 1.29 is 4.79 Å². The fourth-order valence-electron chi connectivity index (χ4n) is 1.64. The minimum atomic E-state index is -0.140. The van der Waals surface area contributed by atoms with Gasteiger partial charge in [-0.2, -0.15) is 0 Å². The van der Waals surface area contributed by atoms with Crippen molar-refractivity contribution in [2.75, 3.05) is 33.2 Å². The Bertz CT molecular complexity index is 387. The molecule has 0 unspecified atom stereocenters. The Labute approximate surface area is 105 Å². The number of carbonyl (C=O) groups excluding carboxylic acids is 1. The third-order valence-corrected chi connectivity index (χ3v) is 2.98. The van der Waals surface area contributed by atoms with Crippen molar-refractivity contribution in [2.24, 2.45) is 0 Å². The third-order valence-electron chi connectivity index (χ3n) is 2.75. The average molecular weight is 255 g/mol. The number of rotatable bonds is 2. The van der Waals surface area contributed by atoms with E-state index in [1.807, 2.05) is 5.01 Å². The molecular formula is C11H15ClN4O. The van der Waals surface area contributed by atoms with Gasteiger partial charge in [-0.15, -0.1) is 0 Å². The molecule has 2 heterocycles. The molecule has 1 aromatic heterocycles. The van der Waals surface area contributed by atoms with Gasteiger partial charge in [-0.1, -0.05) is 11.6 Å². The lowest BCUT2D eigenvalue weighted by atomic mass is 10.3. The van der Waals surface area contributed by atoms with Crippen molar-refractivity contribution in [3.8, 4) is 0 Å². The van der Waals surface area contributed by atoms with Crippen LogP contribution in [-0.2, 0) is 0 Å². The number of hydrazine groups is 1. The van der Waals surface area contributed by atoms with Crippen LogP contribution >= 0.6 is 11.6 Å². The largest absolute Gasteiger partial charge is 0.304 e. The molecule has 0 radical (unpaired) electrons. The highest BCUT2D eigenvalue weighted by Crippen LogP contribution is 2.05. The number of amides is 1. The SMILES string of the molecule is CN1CCN(NC(=O)c2ccc(Cl)nc2)CC1. The van der Waals surface area contributed by atoms with Crippen LogP contribution in [0.25, 0.3) is 0 Å². The molecule has 0 spiro atoms. The average Bonchev–Trinajstić information content (AvgIpc) is 2.33. The van der Waals surface area contributed by atoms with Crippen LogP contribution in [0.4, 0.5) is 0 Å². The summed E-state index contributed by atoms with van der Waals surface area (Å²) >= 11 is 5.67. The second-order valence-electron chi connectivity index (χ2n) is 4.10. The summed E-state index contributed by atoms with van der Waals surface area (Å²) in [6.07, 6.45) is 1.48. The van der Waals surface area contributed by atoms with Crippen molar-refractivity contribution in [1.29, 1.82) is 0 Å². The smallest absolute Gasteiger partial charge is 0.267 e. The number of carbonyl (C=O) groups is 1. The van der Waals surface area contributed by atoms with E-state index >= 15 is 0 Å². The summed E-state index contributed by atoms with van der Waals surface area (Å²) in [5.41, 5.74) is 3.38. The highest BCUT2D eigenvalue weighted by molar-refractivity contribution is 6.29. The molecule has 0 saturated carbocycles. The quantitative estimate of drug-likeness (QED) is 0.787. The first-order chi connectivity index (χ1) is 8.15. The van der Waals surface area contributed by atoms with Crippen LogP contribution in [0.3, 0.4) is 0 Å². The fourth-order valence-corrected chi connectivity index (χ4v) is 1.75. The van der Waals surface area contributed by atoms with Gasteiger partial charge in [0.2, 0.25) is 0 Å². The lowest BCUT2D eigenvalue weighted by Crippen LogP contribution is -2.52. The number of nitrogens with one attached hydrogen (secondary N) is 1. The van der Waals surface area contributed by atoms with Gasteiger partial charge >= 0.3 is 0 Å². The van der Waals surface area contributed by atoms with Gasteiger partial charge in [0.15, 0.2) is 0 Å². The Kier molecular flexibility index (Phi) is 3.93. The van der Waals surface area contributed by atoms with Crippen LogP contribution in [0.5, 0.6) is 0 Å². The van der Waals surface area contributed by atoms with E-state index in [2.05, 4.69) is 22.4 Å². The Balaban J connectivity index is 1.91. The van der Waals surface area contributed by atoms with Crippen molar-refractivity contribution in [1.82, 2.24) is 20.3 Å². The number of likely N-dealkylation sites (N-methyl/N-ethyl adjacent to an activating group) is 1. The summed E-state index contributed by atoms with van der Waals surface area (Å²) in [6, 6.07) is 3.28. The summed E-state index contributed by atoms with van der Waals surface area (Å²) in [5.74, 6) is -0.140. The summed E-state index contributed by atoms with van der Waals surface area (Å²) in [6.45, 7) is 3.59. The Hall–Kier alpha value is -1.17. The van der Waals surface area contributed by atoms with Gasteiger partial charge in [0.05, 0.1) is 5.56 Å². The second-order valence-corrected chi connectivity index (χ2v) is 4.49. The molecule has 1 amide bonds. The molecule has 1 N–H and O–H groups in total. The van der Waals surface area contributed by atoms with E-state index in [-0.39, 0.29) is 5.91 Å². The monoisotopic (exact) mass is 254 g/mol. The molecule has 6 heteroatoms. The maximum absolute atomic E-state index is 11.9. The zero-order chi connectivity index (χ0) is 12.3. The molecule has 1 aliphatic heterocycles. The van der Waals surface area contributed by atoms with Gasteiger partial charge in [0, 0.05) is 32.4 Å². The molecule has 1 aromatic rings. The molecule has 1 saturated heterocycles. The molecule has 1 aliphatic rings. The third kappa shape index (κ3) is 3.39. The lowest BCUT2D eigenvalue weighted by molar-refractivity contribution is 0.0662. The van der Waals surface area contributed by atoms with Crippen LogP contribution in [-0.4, -0.2) is 54.0 Å². The molecule has 0 atom stereocenters. The minimum Gasteiger partial charge on any atom is -0.304 e. The van der Waals surface area contributed by atoms with Crippen LogP contribution in [0, 0.1) is 0 Å². The van der Waals surface area contributed by atoms with E-state index in [0.717, 1.165) is 26.2 Å². The number of aromatic nitrogens is 1. The van der Waals surface area contributed by atoms with Crippen LogP contribution in [0.2, 0.25) is 5.15 Å². The maximum Gasteiger partial charge on any atom is 0.267 e. The van der Waals surface area contributed by atoms with Gasteiger partial charge in [0.1, 0.15) is 5.15 Å². The molecule has 0 bridgehead atoms. The highest BCUT2D eigenvalue weighted by atomic mass is 35.5. The van der Waals surface area contributed by atoms with E-state index in [9.17, 15) is 4.79 Å². The van der Waals surface area contributed by atoms with E-state index in [1.54, 1.807) is 12.1 Å². The fraction of sp³-hybridized carbons (Fsp3) is 0.455. The number of halogens is 1. The van der Waals surface area contributed by atoms with E-state index in [4.69, 9.17) is 11.6 Å². The summed E-state index contributed by atoms with van der Waals surface area (Å²) in [7, 11) is 2.07. The molecule has 2 rings (SSSR count). The first-order valence-corrected chi connectivity index (χ1v) is 5.89. The first kappa shape index (κ1) is 12.3. The van der Waals surface area contributed by atoms with Gasteiger partial charge in [-0.05, 0) is 19.2 Å². The molecule has 92 valence electrons. The zero-order valence-corrected chi connectivity index (χ0v) is 10.4. The molecule has 17 heavy (non-hydrogen) atoms. The second kappa shape index (κ2) is 5.44. The lowest BCUT2D eigenvalue weighted by Gasteiger charge is -2.32. The number of hydrogen-bond donors (Lipinski definition) is 1. The van der Waals surface area contributed by atoms with Gasteiger partial charge in [0.25, 0.3) is 5.91 Å². The predicted octanol–water partition coefficient (Wildman–Crippen LogP) is 0.627. The predicted molar refractivity (Wildman–Crippen MR) is 65.8 cm³/mol. The molecule has 0 aromatic carbocycles. The van der Waals surface area contributed by atoms with Crippen LogP contribution < -0.4 is 5.43 Å². The summed E-state index contributed by atoms with van der Waals surface area (Å²) in [4.78, 5) is 18.0. The summed E-state index contributed by atoms with van der Waals surface area (Å²) in [5, 5.41) is 2.32. The van der Waals surface area contributed by atoms with Crippen molar-refractivity contribution in [3.63, 3.8) is 0 Å². The van der Waals surface area contributed by atoms with Gasteiger partial charge < -0.3 is 4.90 Å². The minimum absolute atomic E-state index is 0.140. The number of piperazine rings is 1. The number of nitrogens with zero attached hydrogens (tertiary/aromatic N) is 3. The molecule has 5 nitrogen and oxygen atoms in total. The first-order valence-electron chi connectivity index (χ1n) is 5.51. The molecule has 1 fully saturated rings. The van der Waals surface area contributed by atoms with Gasteiger partial charge in [-0.25, -0.2) is 9.99 Å². The maximum atomic E-state index is 11.9. The normalized spacial score (nSPS) is 18.0. The van der Waals surface area contributed by atoms with Crippen molar-refractivity contribution in [3.05, 3.63) is 29.0 Å². The number of hydrogen-bond acceptors (Lipinski definition) is 4. The Morgan fingerprint density at radius 2 is 2.06 bits per heavy atom. The Morgan fingerprint density at radius 1 is 1.35 bits per heavy atom. The van der Waals surface area contributed by atoms with Crippen LogP contribution in [0.15, 0.2) is 18.3 Å². The number of pyridine rings is 1. The van der Waals surface area contributed by atoms with Crippen LogP contribution in [0.1, 0.15) is 10.4 Å². The zero-order valence-electron chi connectivity index (χ0n) is 9.69. The summed E-state index contributed by atoms with van der Waals surface area (Å²) < 4.78 is 0. The van der Waals surface area contributed by atoms with Crippen molar-refractivity contribution in [2.45, 2.75) is 0 Å². The molecule has 0 aliphatic carbocycles. The topological polar surface area (TPSA) is 48.5 Å². The standard InChI is InChI=1S/C11H15ClN4O/c1-15-4-6-16(7-5-15)14-11(17)9-2-3-10(12)13-8-9/h2-3,8H,4-7H2,1H3,(H,14,17).